The number of aromatic nitrogens is 2. The molecule has 1 amide bonds. The second-order valence-electron chi connectivity index (χ2n) is 5.97. The number of carbonyl (C=O) groups is 2. The number of β-lactam (4-membered cyclic amide) rings is 1. The van der Waals surface area contributed by atoms with Crippen molar-refractivity contribution in [2.24, 2.45) is 11.8 Å². The van der Waals surface area contributed by atoms with E-state index in [-0.39, 0.29) is 29.5 Å². The number of hydrogen-bond acceptors (Lipinski definition) is 7. The van der Waals surface area contributed by atoms with Crippen molar-refractivity contribution in [1.29, 1.82) is 0 Å². The predicted molar refractivity (Wildman–Crippen MR) is 86.8 cm³/mol. The molecule has 2 unspecified atom stereocenters. The van der Waals surface area contributed by atoms with E-state index in [2.05, 4.69) is 9.97 Å². The maximum atomic E-state index is 12.2. The van der Waals surface area contributed by atoms with Crippen LogP contribution in [-0.4, -0.2) is 54.9 Å². The van der Waals surface area contributed by atoms with Crippen LogP contribution in [-0.2, 0) is 9.59 Å². The Kier molecular flexibility index (Phi) is 4.22. The molecule has 0 saturated carbocycles. The highest BCUT2D eigenvalue weighted by atomic mass is 32.2. The first-order chi connectivity index (χ1) is 11.3. The van der Waals surface area contributed by atoms with E-state index in [9.17, 15) is 19.8 Å². The van der Waals surface area contributed by atoms with E-state index in [4.69, 9.17) is 5.73 Å². The lowest BCUT2D eigenvalue weighted by molar-refractivity contribution is -0.163. The van der Waals surface area contributed by atoms with Gasteiger partial charge in [-0.15, -0.1) is 11.8 Å². The van der Waals surface area contributed by atoms with E-state index < -0.39 is 18.0 Å². The van der Waals surface area contributed by atoms with Gasteiger partial charge in [-0.05, 0) is 18.6 Å². The minimum atomic E-state index is -1.13. The lowest BCUT2D eigenvalue weighted by Crippen LogP contribution is -2.63. The molecule has 9 heteroatoms. The molecule has 1 aromatic heterocycles. The molecule has 1 fully saturated rings. The van der Waals surface area contributed by atoms with E-state index in [0.29, 0.717) is 16.4 Å². The third kappa shape index (κ3) is 2.53. The molecule has 128 valence electrons. The second kappa shape index (κ2) is 6.06. The zero-order valence-electron chi connectivity index (χ0n) is 13.2. The first-order valence-corrected chi connectivity index (χ1v) is 8.50. The van der Waals surface area contributed by atoms with Crippen LogP contribution in [0.3, 0.4) is 0 Å². The highest BCUT2D eigenvalue weighted by Crippen LogP contribution is 2.48. The van der Waals surface area contributed by atoms with Gasteiger partial charge >= 0.3 is 5.97 Å². The summed E-state index contributed by atoms with van der Waals surface area (Å²) in [6, 6.07) is 1.40. The number of hydrogen-bond donors (Lipinski definition) is 3. The number of nitrogens with zero attached hydrogens (tertiary/aromatic N) is 3. The topological polar surface area (TPSA) is 130 Å². The third-order valence-corrected chi connectivity index (χ3v) is 5.52. The number of aliphatic hydroxyl groups is 1. The number of nitrogens with two attached hydrogens (primary N) is 1. The Morgan fingerprint density at radius 3 is 2.83 bits per heavy atom. The normalized spacial score (nSPS) is 27.0. The number of aliphatic carboxylic acids is 1. The summed E-state index contributed by atoms with van der Waals surface area (Å²) >= 11 is 1.35. The fourth-order valence-electron chi connectivity index (χ4n) is 3.42. The molecule has 2 aliphatic heterocycles. The smallest absolute Gasteiger partial charge is 0.352 e. The van der Waals surface area contributed by atoms with Gasteiger partial charge in [-0.1, -0.05) is 6.92 Å². The van der Waals surface area contributed by atoms with Gasteiger partial charge in [0.2, 0.25) is 11.9 Å². The van der Waals surface area contributed by atoms with Crippen molar-refractivity contribution in [1.82, 2.24) is 14.9 Å². The number of amides is 1. The summed E-state index contributed by atoms with van der Waals surface area (Å²) < 4.78 is 0. The van der Waals surface area contributed by atoms with E-state index in [0.717, 1.165) is 0 Å². The molecule has 24 heavy (non-hydrogen) atoms. The Hall–Kier alpha value is -2.13. The van der Waals surface area contributed by atoms with Crippen LogP contribution < -0.4 is 5.73 Å². The lowest BCUT2D eigenvalue weighted by atomic mass is 9.78. The Morgan fingerprint density at radius 2 is 2.25 bits per heavy atom. The van der Waals surface area contributed by atoms with Gasteiger partial charge in [0, 0.05) is 17.9 Å². The molecule has 1 saturated heterocycles. The fourth-order valence-corrected chi connectivity index (χ4v) is 4.44. The molecule has 1 aromatic rings. The number of rotatable bonds is 5. The molecule has 0 bridgehead atoms. The summed E-state index contributed by atoms with van der Waals surface area (Å²) in [5.74, 6) is -1.61. The van der Waals surface area contributed by atoms with Crippen molar-refractivity contribution in [3.63, 3.8) is 0 Å². The standard InChI is InChI=1S/C15H18N4O4S/c1-6-8(5-24-9-3-4-17-15(16)18-9)12(14(22)23)19-11(6)10(7(2)20)13(19)21/h3-4,6-7,10-11,20H,5H2,1-2H3,(H,22,23)(H2,16,17,18)/t6-,7+,10?,11?/m0/s1. The van der Waals surface area contributed by atoms with Crippen LogP contribution in [0.25, 0.3) is 0 Å². The lowest BCUT2D eigenvalue weighted by Gasteiger charge is -2.46. The molecule has 0 aliphatic carbocycles. The molecule has 3 heterocycles. The number of anilines is 1. The first-order valence-electron chi connectivity index (χ1n) is 7.51. The molecule has 0 radical (unpaired) electrons. The number of fused-ring (bicyclic) bond motifs is 1. The van der Waals surface area contributed by atoms with Gasteiger partial charge in [0.25, 0.3) is 0 Å². The quantitative estimate of drug-likeness (QED) is 0.394. The van der Waals surface area contributed by atoms with Gasteiger partial charge in [-0.25, -0.2) is 14.8 Å². The summed E-state index contributed by atoms with van der Waals surface area (Å²) in [6.45, 7) is 3.45. The predicted octanol–water partition coefficient (Wildman–Crippen LogP) is 0.347. The summed E-state index contributed by atoms with van der Waals surface area (Å²) in [6.07, 6.45) is 0.736. The van der Waals surface area contributed by atoms with Crippen LogP contribution in [0.4, 0.5) is 5.95 Å². The Balaban J connectivity index is 1.85. The monoisotopic (exact) mass is 350 g/mol. The minimum absolute atomic E-state index is 0.0314. The van der Waals surface area contributed by atoms with E-state index in [1.807, 2.05) is 6.92 Å². The average molecular weight is 350 g/mol. The number of thioether (sulfide) groups is 1. The highest BCUT2D eigenvalue weighted by molar-refractivity contribution is 7.99. The van der Waals surface area contributed by atoms with Crippen LogP contribution in [0, 0.1) is 11.8 Å². The molecule has 4 atom stereocenters. The zero-order valence-corrected chi connectivity index (χ0v) is 14.0. The van der Waals surface area contributed by atoms with E-state index in [1.54, 1.807) is 13.0 Å². The Morgan fingerprint density at radius 1 is 1.54 bits per heavy atom. The van der Waals surface area contributed by atoms with Crippen molar-refractivity contribution in [3.8, 4) is 0 Å². The highest BCUT2D eigenvalue weighted by Gasteiger charge is 2.59. The molecule has 2 aliphatic rings. The number of aliphatic hydroxyl groups excluding tert-OH is 1. The summed E-state index contributed by atoms with van der Waals surface area (Å²) in [5.41, 5.74) is 6.25. The van der Waals surface area contributed by atoms with Crippen LogP contribution in [0.15, 0.2) is 28.6 Å². The molecule has 4 N–H and O–H groups in total. The molecular formula is C15H18N4O4S. The molecule has 3 rings (SSSR count). The molecule has 8 nitrogen and oxygen atoms in total. The second-order valence-corrected chi connectivity index (χ2v) is 6.97. The SMILES string of the molecule is C[C@@H](O)C1C(=O)N2C(C(=O)O)=C(CSc3ccnc(N)n3)[C@H](C)C12. The van der Waals surface area contributed by atoms with Crippen molar-refractivity contribution < 1.29 is 19.8 Å². The van der Waals surface area contributed by atoms with Crippen molar-refractivity contribution >= 4 is 29.6 Å². The number of carbonyl (C=O) groups excluding carboxylic acids is 1. The van der Waals surface area contributed by atoms with Gasteiger partial charge in [0.1, 0.15) is 10.7 Å². The maximum absolute atomic E-state index is 12.2. The van der Waals surface area contributed by atoms with Gasteiger partial charge in [-0.2, -0.15) is 0 Å². The van der Waals surface area contributed by atoms with Gasteiger partial charge < -0.3 is 20.8 Å². The molecule has 0 aromatic carbocycles. The Labute approximate surface area is 142 Å². The summed E-state index contributed by atoms with van der Waals surface area (Å²) in [5, 5.41) is 20.0. The van der Waals surface area contributed by atoms with Crippen LogP contribution in [0.5, 0.6) is 0 Å². The van der Waals surface area contributed by atoms with Crippen molar-refractivity contribution in [2.45, 2.75) is 31.0 Å². The Bertz CT molecular complexity index is 736. The fraction of sp³-hybridized carbons (Fsp3) is 0.467. The van der Waals surface area contributed by atoms with Crippen LogP contribution in [0.1, 0.15) is 13.8 Å². The van der Waals surface area contributed by atoms with Crippen LogP contribution >= 0.6 is 11.8 Å². The number of carboxylic acids is 1. The third-order valence-electron chi connectivity index (χ3n) is 4.54. The zero-order chi connectivity index (χ0) is 17.6. The molecular weight excluding hydrogens is 332 g/mol. The van der Waals surface area contributed by atoms with Crippen LogP contribution in [0.2, 0.25) is 0 Å². The average Bonchev–Trinajstić information content (AvgIpc) is 2.74. The van der Waals surface area contributed by atoms with E-state index >= 15 is 0 Å². The summed E-state index contributed by atoms with van der Waals surface area (Å²) in [4.78, 5) is 33.1. The van der Waals surface area contributed by atoms with E-state index in [1.165, 1.54) is 22.9 Å². The first kappa shape index (κ1) is 16.7. The van der Waals surface area contributed by atoms with Crippen molar-refractivity contribution in [2.75, 3.05) is 11.5 Å². The summed E-state index contributed by atoms with van der Waals surface area (Å²) in [7, 11) is 0. The largest absolute Gasteiger partial charge is 0.477 e. The minimum Gasteiger partial charge on any atom is -0.477 e. The number of carboxylic acid groups (broad SMARTS) is 1. The van der Waals surface area contributed by atoms with Crippen molar-refractivity contribution in [3.05, 3.63) is 23.5 Å². The van der Waals surface area contributed by atoms with Gasteiger partial charge in [0.15, 0.2) is 0 Å². The number of nitrogen functional groups attached to an aromatic ring is 1. The van der Waals surface area contributed by atoms with Gasteiger partial charge in [0.05, 0.1) is 18.1 Å². The maximum Gasteiger partial charge on any atom is 0.352 e. The van der Waals surface area contributed by atoms with Gasteiger partial charge in [-0.3, -0.25) is 4.79 Å². The molecule has 0 spiro atoms.